The number of halogens is 2. The van der Waals surface area contributed by atoms with Gasteiger partial charge in [0.2, 0.25) is 5.91 Å². The summed E-state index contributed by atoms with van der Waals surface area (Å²) >= 11 is 12.7. The third-order valence-electron chi connectivity index (χ3n) is 7.76. The first-order valence-electron chi connectivity index (χ1n) is 13.9. The van der Waals surface area contributed by atoms with Gasteiger partial charge in [0, 0.05) is 47.3 Å². The molecule has 1 saturated heterocycles. The molecule has 0 saturated carbocycles. The van der Waals surface area contributed by atoms with Crippen LogP contribution in [-0.4, -0.2) is 46.1 Å². The number of hydrogen-bond donors (Lipinski definition) is 0. The number of piperidine rings is 1. The van der Waals surface area contributed by atoms with E-state index in [-0.39, 0.29) is 29.2 Å². The number of hydrogen-bond acceptors (Lipinski definition) is 3. The lowest BCUT2D eigenvalue weighted by atomic mass is 9.84. The molecule has 0 aromatic heterocycles. The molecule has 1 aromatic rings. The Kier molecular flexibility index (Phi) is 8.54. The summed E-state index contributed by atoms with van der Waals surface area (Å²) in [6, 6.07) is 10.1. The van der Waals surface area contributed by atoms with Crippen LogP contribution in [0.1, 0.15) is 78.8 Å². The minimum Gasteiger partial charge on any atom is -0.342 e. The normalized spacial score (nSPS) is 22.4. The number of benzene rings is 1. The summed E-state index contributed by atoms with van der Waals surface area (Å²) in [6.45, 7) is 13.7. The van der Waals surface area contributed by atoms with E-state index in [1.807, 2.05) is 60.9 Å². The average molecular weight is 571 g/mol. The van der Waals surface area contributed by atoms with E-state index in [0.717, 1.165) is 18.4 Å². The number of aliphatic imine (C=N–C) groups is 1. The molecule has 0 bridgehead atoms. The predicted molar refractivity (Wildman–Crippen MR) is 161 cm³/mol. The Morgan fingerprint density at radius 3 is 2.28 bits per heavy atom. The van der Waals surface area contributed by atoms with E-state index < -0.39 is 11.1 Å². The van der Waals surface area contributed by atoms with Crippen LogP contribution in [0.3, 0.4) is 0 Å². The van der Waals surface area contributed by atoms with Crippen LogP contribution in [0.25, 0.3) is 0 Å². The molecule has 0 N–H and O–H groups in total. The second-order valence-corrected chi connectivity index (χ2v) is 14.1. The number of nitrogens with zero attached hydrogens (tertiary/aromatic N) is 3. The summed E-state index contributed by atoms with van der Waals surface area (Å²) in [7, 11) is 0. The molecule has 1 spiro atoms. The zero-order chi connectivity index (χ0) is 28.6. The van der Waals surface area contributed by atoms with Crippen LogP contribution in [0.4, 0.5) is 0 Å². The molecule has 2 amide bonds. The molecule has 210 valence electrons. The number of carbonyl (C=O) groups is 2. The maximum Gasteiger partial charge on any atom is 0.271 e. The van der Waals surface area contributed by atoms with Crippen LogP contribution >= 0.6 is 23.2 Å². The molecule has 2 atom stereocenters. The fraction of sp³-hybridized carbons (Fsp3) is 0.531. The molecule has 5 nitrogen and oxygen atoms in total. The van der Waals surface area contributed by atoms with Crippen molar-refractivity contribution in [2.75, 3.05) is 13.1 Å². The van der Waals surface area contributed by atoms with Gasteiger partial charge in [-0.05, 0) is 36.0 Å². The highest BCUT2D eigenvalue weighted by atomic mass is 35.5. The lowest BCUT2D eigenvalue weighted by Crippen LogP contribution is -2.56. The number of amides is 2. The van der Waals surface area contributed by atoms with Crippen LogP contribution in [0.15, 0.2) is 69.7 Å². The highest BCUT2D eigenvalue weighted by Crippen LogP contribution is 2.45. The highest BCUT2D eigenvalue weighted by Gasteiger charge is 2.53. The molecule has 2 unspecified atom stereocenters. The fourth-order valence-electron chi connectivity index (χ4n) is 5.69. The van der Waals surface area contributed by atoms with E-state index in [9.17, 15) is 9.59 Å². The molecule has 39 heavy (non-hydrogen) atoms. The first-order chi connectivity index (χ1) is 18.2. The van der Waals surface area contributed by atoms with E-state index in [4.69, 9.17) is 28.2 Å². The third-order valence-corrected chi connectivity index (χ3v) is 8.23. The van der Waals surface area contributed by atoms with Gasteiger partial charge in [-0.1, -0.05) is 107 Å². The Hall–Kier alpha value is -2.37. The van der Waals surface area contributed by atoms with E-state index in [1.165, 1.54) is 0 Å². The van der Waals surface area contributed by atoms with E-state index in [2.05, 4.69) is 32.9 Å². The van der Waals surface area contributed by atoms with Gasteiger partial charge in [-0.3, -0.25) is 14.6 Å². The smallest absolute Gasteiger partial charge is 0.271 e. The van der Waals surface area contributed by atoms with Crippen molar-refractivity contribution < 1.29 is 9.59 Å². The molecule has 1 fully saturated rings. The molecule has 4 rings (SSSR count). The van der Waals surface area contributed by atoms with Crippen LogP contribution < -0.4 is 0 Å². The van der Waals surface area contributed by atoms with E-state index in [0.29, 0.717) is 41.7 Å². The van der Waals surface area contributed by atoms with Gasteiger partial charge in [0.05, 0.1) is 6.04 Å². The zero-order valence-electron chi connectivity index (χ0n) is 24.0. The van der Waals surface area contributed by atoms with Crippen LogP contribution in [-0.2, 0) is 9.59 Å². The Bertz CT molecular complexity index is 1210. The summed E-state index contributed by atoms with van der Waals surface area (Å²) in [5, 5.41) is 0.994. The van der Waals surface area contributed by atoms with Crippen molar-refractivity contribution in [3.05, 3.63) is 70.3 Å². The second kappa shape index (κ2) is 11.2. The average Bonchev–Trinajstić information content (AvgIpc) is 3.00. The Morgan fingerprint density at radius 1 is 1.05 bits per heavy atom. The van der Waals surface area contributed by atoms with Crippen molar-refractivity contribution >= 4 is 40.7 Å². The van der Waals surface area contributed by atoms with Gasteiger partial charge in [0.1, 0.15) is 11.4 Å². The van der Waals surface area contributed by atoms with Crippen molar-refractivity contribution in [2.24, 2.45) is 21.7 Å². The van der Waals surface area contributed by atoms with Crippen molar-refractivity contribution in [1.82, 2.24) is 9.80 Å². The minimum absolute atomic E-state index is 0.0678. The predicted octanol–water partition coefficient (Wildman–Crippen LogP) is 7.63. The standard InChI is InChI=1S/C32H41Cl2N3O2/c1-30(2,3)15-14-26(22-10-8-7-9-11-22)37-28(38)27(23-12-13-24(33)21-25(34)20-23)35-32(37)16-18-36(19-17-32)29(39)31(4,5)6/h7-13,20-21,23,26H,14-19H2,1-6H3. The van der Waals surface area contributed by atoms with Gasteiger partial charge in [-0.2, -0.15) is 0 Å². The summed E-state index contributed by atoms with van der Waals surface area (Å²) in [5.41, 5.74) is 0.516. The number of allylic oxidation sites excluding steroid dienone is 6. The highest BCUT2D eigenvalue weighted by molar-refractivity contribution is 6.43. The third kappa shape index (κ3) is 6.69. The minimum atomic E-state index is -0.725. The largest absolute Gasteiger partial charge is 0.342 e. The summed E-state index contributed by atoms with van der Waals surface area (Å²) in [6.07, 6.45) is 10.1. The Morgan fingerprint density at radius 2 is 1.69 bits per heavy atom. The number of likely N-dealkylation sites (tertiary alicyclic amines) is 1. The van der Waals surface area contributed by atoms with Crippen molar-refractivity contribution in [1.29, 1.82) is 0 Å². The van der Waals surface area contributed by atoms with Crippen molar-refractivity contribution in [3.63, 3.8) is 0 Å². The van der Waals surface area contributed by atoms with E-state index >= 15 is 0 Å². The van der Waals surface area contributed by atoms with Gasteiger partial charge < -0.3 is 9.80 Å². The zero-order valence-corrected chi connectivity index (χ0v) is 25.5. The quantitative estimate of drug-likeness (QED) is 0.366. The van der Waals surface area contributed by atoms with Crippen LogP contribution in [0, 0.1) is 16.7 Å². The van der Waals surface area contributed by atoms with Crippen molar-refractivity contribution in [3.8, 4) is 0 Å². The molecule has 1 aliphatic carbocycles. The molecule has 3 aliphatic rings. The summed E-state index contributed by atoms with van der Waals surface area (Å²) < 4.78 is 0. The summed E-state index contributed by atoms with van der Waals surface area (Å²) in [4.78, 5) is 36.8. The van der Waals surface area contributed by atoms with Gasteiger partial charge in [-0.15, -0.1) is 0 Å². The maximum absolute atomic E-state index is 14.5. The monoisotopic (exact) mass is 569 g/mol. The molecular formula is C32H41Cl2N3O2. The van der Waals surface area contributed by atoms with Crippen LogP contribution in [0.5, 0.6) is 0 Å². The maximum atomic E-state index is 14.5. The van der Waals surface area contributed by atoms with Gasteiger partial charge in [0.15, 0.2) is 0 Å². The molecule has 2 heterocycles. The Labute approximate surface area is 243 Å². The Balaban J connectivity index is 1.76. The number of rotatable bonds is 5. The molecule has 0 radical (unpaired) electrons. The number of carbonyl (C=O) groups excluding carboxylic acids is 2. The lowest BCUT2D eigenvalue weighted by molar-refractivity contribution is -0.144. The topological polar surface area (TPSA) is 53.0 Å². The first-order valence-corrected chi connectivity index (χ1v) is 14.7. The lowest BCUT2D eigenvalue weighted by Gasteiger charge is -2.47. The molecule has 2 aliphatic heterocycles. The van der Waals surface area contributed by atoms with Crippen molar-refractivity contribution in [2.45, 2.75) is 78.9 Å². The SMILES string of the molecule is CC(C)(C)CCC(c1ccccc1)N1C(=O)C(C2C=CC(Cl)=CC(Cl)=C2)=NC12CCN(C(=O)C(C)(C)C)CC2. The summed E-state index contributed by atoms with van der Waals surface area (Å²) in [5.74, 6) is -0.318. The molecule has 1 aromatic carbocycles. The molecular weight excluding hydrogens is 529 g/mol. The molecule has 7 heteroatoms. The van der Waals surface area contributed by atoms with E-state index in [1.54, 1.807) is 12.2 Å². The fourth-order valence-corrected chi connectivity index (χ4v) is 6.19. The van der Waals surface area contributed by atoms with Crippen LogP contribution in [0.2, 0.25) is 0 Å². The van der Waals surface area contributed by atoms with Gasteiger partial charge in [-0.25, -0.2) is 0 Å². The first kappa shape index (κ1) is 29.6. The van der Waals surface area contributed by atoms with Gasteiger partial charge >= 0.3 is 0 Å². The second-order valence-electron chi connectivity index (χ2n) is 13.2. The van der Waals surface area contributed by atoms with Gasteiger partial charge in [0.25, 0.3) is 5.91 Å².